The predicted molar refractivity (Wildman–Crippen MR) is 68.3 cm³/mol. The third kappa shape index (κ3) is 2.85. The Morgan fingerprint density at radius 3 is 2.88 bits per heavy atom. The van der Waals surface area contributed by atoms with Gasteiger partial charge in [-0.2, -0.15) is 4.98 Å². The number of hydrogen-bond donors (Lipinski definition) is 2. The van der Waals surface area contributed by atoms with Crippen LogP contribution in [0.5, 0.6) is 0 Å². The topological polar surface area (TPSA) is 61.3 Å². The first kappa shape index (κ1) is 12.1. The Kier molecular flexibility index (Phi) is 4.14. The third-order valence-corrected chi connectivity index (χ3v) is 3.27. The maximum Gasteiger partial charge on any atom is 0.224 e. The van der Waals surface area contributed by atoms with Gasteiger partial charge >= 0.3 is 0 Å². The van der Waals surface area contributed by atoms with Gasteiger partial charge in [-0.1, -0.05) is 12.8 Å². The lowest BCUT2D eigenvalue weighted by atomic mass is 10.2. The van der Waals surface area contributed by atoms with Gasteiger partial charge in [-0.25, -0.2) is 4.98 Å². The Labute approximate surface area is 102 Å². The minimum atomic E-state index is 0.162. The first-order valence-electron chi connectivity index (χ1n) is 6.23. The van der Waals surface area contributed by atoms with Crippen LogP contribution in [0.2, 0.25) is 0 Å². The van der Waals surface area contributed by atoms with Crippen LogP contribution in [0.4, 0.5) is 11.8 Å². The van der Waals surface area contributed by atoms with Crippen molar-refractivity contribution in [1.29, 1.82) is 0 Å². The summed E-state index contributed by atoms with van der Waals surface area (Å²) in [6.45, 7) is 0.806. The number of rotatable bonds is 5. The molecule has 1 heterocycles. The molecule has 1 aromatic rings. The van der Waals surface area contributed by atoms with Gasteiger partial charge in [0.15, 0.2) is 0 Å². The summed E-state index contributed by atoms with van der Waals surface area (Å²) in [5.41, 5.74) is 0. The Bertz CT molecular complexity index is 352. The molecule has 0 amide bonds. The molecule has 5 nitrogen and oxygen atoms in total. The van der Waals surface area contributed by atoms with E-state index in [1.165, 1.54) is 25.7 Å². The maximum atomic E-state index is 9.18. The van der Waals surface area contributed by atoms with E-state index in [-0.39, 0.29) is 6.61 Å². The monoisotopic (exact) mass is 236 g/mol. The Morgan fingerprint density at radius 1 is 1.47 bits per heavy atom. The van der Waals surface area contributed by atoms with Gasteiger partial charge in [0.05, 0.1) is 6.61 Å². The van der Waals surface area contributed by atoms with E-state index in [2.05, 4.69) is 20.2 Å². The van der Waals surface area contributed by atoms with Crippen molar-refractivity contribution < 1.29 is 5.11 Å². The molecule has 0 saturated heterocycles. The predicted octanol–water partition coefficient (Wildman–Crippen LogP) is 1.26. The fourth-order valence-electron chi connectivity index (χ4n) is 2.44. The van der Waals surface area contributed by atoms with E-state index in [4.69, 9.17) is 0 Å². The first-order chi connectivity index (χ1) is 8.35. The second kappa shape index (κ2) is 5.82. The number of hydrogen-bond acceptors (Lipinski definition) is 5. The molecule has 0 aromatic carbocycles. The van der Waals surface area contributed by atoms with Crippen LogP contribution in [0.25, 0.3) is 0 Å². The zero-order valence-corrected chi connectivity index (χ0v) is 10.3. The summed E-state index contributed by atoms with van der Waals surface area (Å²) in [7, 11) is 1.81. The van der Waals surface area contributed by atoms with Crippen molar-refractivity contribution >= 4 is 11.8 Å². The molecule has 0 radical (unpaired) electrons. The lowest BCUT2D eigenvalue weighted by Gasteiger charge is -2.29. The van der Waals surface area contributed by atoms with E-state index in [0.29, 0.717) is 18.5 Å². The lowest BCUT2D eigenvalue weighted by Crippen LogP contribution is -2.36. The van der Waals surface area contributed by atoms with Crippen LogP contribution in [0.15, 0.2) is 12.3 Å². The molecule has 1 aliphatic carbocycles. The minimum absolute atomic E-state index is 0.162. The molecule has 0 unspecified atom stereocenters. The summed E-state index contributed by atoms with van der Waals surface area (Å²) in [5, 5.41) is 12.1. The van der Waals surface area contributed by atoms with Crippen molar-refractivity contribution in [2.45, 2.75) is 31.7 Å². The van der Waals surface area contributed by atoms with Crippen molar-refractivity contribution in [2.75, 3.05) is 30.4 Å². The van der Waals surface area contributed by atoms with Crippen LogP contribution in [0, 0.1) is 0 Å². The first-order valence-corrected chi connectivity index (χ1v) is 6.23. The van der Waals surface area contributed by atoms with Crippen LogP contribution in [0.3, 0.4) is 0 Å². The maximum absolute atomic E-state index is 9.18. The minimum Gasteiger partial charge on any atom is -0.395 e. The van der Waals surface area contributed by atoms with Crippen molar-refractivity contribution in [1.82, 2.24) is 9.97 Å². The molecule has 0 bridgehead atoms. The average Bonchev–Trinajstić information content (AvgIpc) is 2.89. The van der Waals surface area contributed by atoms with Crippen LogP contribution in [-0.2, 0) is 0 Å². The molecule has 0 spiro atoms. The van der Waals surface area contributed by atoms with Crippen LogP contribution < -0.4 is 10.2 Å². The molecule has 0 aliphatic heterocycles. The second-order valence-corrected chi connectivity index (χ2v) is 4.34. The van der Waals surface area contributed by atoms with Crippen molar-refractivity contribution in [3.63, 3.8) is 0 Å². The summed E-state index contributed by atoms with van der Waals surface area (Å²) >= 11 is 0. The van der Waals surface area contributed by atoms with Crippen molar-refractivity contribution in [3.8, 4) is 0 Å². The molecular formula is C12H20N4O. The molecule has 2 N–H and O–H groups in total. The van der Waals surface area contributed by atoms with Gasteiger partial charge in [-0.15, -0.1) is 0 Å². The van der Waals surface area contributed by atoms with E-state index in [1.807, 2.05) is 13.1 Å². The second-order valence-electron chi connectivity index (χ2n) is 4.34. The molecule has 1 fully saturated rings. The highest BCUT2D eigenvalue weighted by Crippen LogP contribution is 2.27. The molecule has 1 aromatic heterocycles. The molecule has 1 aliphatic rings. The molecule has 1 saturated carbocycles. The zero-order chi connectivity index (χ0) is 12.1. The molecule has 94 valence electrons. The molecule has 2 rings (SSSR count). The third-order valence-electron chi connectivity index (χ3n) is 3.27. The Morgan fingerprint density at radius 2 is 2.24 bits per heavy atom. The van der Waals surface area contributed by atoms with Gasteiger partial charge in [0.2, 0.25) is 5.95 Å². The normalized spacial score (nSPS) is 16.1. The van der Waals surface area contributed by atoms with Gasteiger partial charge in [0.1, 0.15) is 5.82 Å². The molecule has 17 heavy (non-hydrogen) atoms. The quantitative estimate of drug-likeness (QED) is 0.806. The number of nitrogens with one attached hydrogen (secondary N) is 1. The standard InChI is InChI=1S/C12H20N4O/c1-13-12-14-7-6-11(15-12)16(8-9-17)10-4-2-3-5-10/h6-7,10,17H,2-5,8-9H2,1H3,(H,13,14,15). The van der Waals surface area contributed by atoms with E-state index in [1.54, 1.807) is 6.20 Å². The average molecular weight is 236 g/mol. The lowest BCUT2D eigenvalue weighted by molar-refractivity contribution is 0.297. The summed E-state index contributed by atoms with van der Waals surface area (Å²) in [4.78, 5) is 10.8. The molecular weight excluding hydrogens is 216 g/mol. The highest BCUT2D eigenvalue weighted by Gasteiger charge is 2.23. The molecule has 0 atom stereocenters. The fourth-order valence-corrected chi connectivity index (χ4v) is 2.44. The smallest absolute Gasteiger partial charge is 0.224 e. The van der Waals surface area contributed by atoms with Crippen LogP contribution in [-0.4, -0.2) is 41.3 Å². The van der Waals surface area contributed by atoms with Crippen molar-refractivity contribution in [2.24, 2.45) is 0 Å². The van der Waals surface area contributed by atoms with Gasteiger partial charge in [0.25, 0.3) is 0 Å². The highest BCUT2D eigenvalue weighted by atomic mass is 16.3. The van der Waals surface area contributed by atoms with Gasteiger partial charge < -0.3 is 15.3 Å². The number of aliphatic hydroxyl groups is 1. The summed E-state index contributed by atoms with van der Waals surface area (Å²) in [6.07, 6.45) is 6.69. The van der Waals surface area contributed by atoms with Crippen LogP contribution >= 0.6 is 0 Å². The van der Waals surface area contributed by atoms with E-state index in [9.17, 15) is 5.11 Å². The van der Waals surface area contributed by atoms with E-state index in [0.717, 1.165) is 5.82 Å². The molecule has 5 heteroatoms. The highest BCUT2D eigenvalue weighted by molar-refractivity contribution is 5.43. The number of anilines is 2. The van der Waals surface area contributed by atoms with Crippen molar-refractivity contribution in [3.05, 3.63) is 12.3 Å². The fraction of sp³-hybridized carbons (Fsp3) is 0.667. The largest absolute Gasteiger partial charge is 0.395 e. The number of aliphatic hydroxyl groups excluding tert-OH is 1. The zero-order valence-electron chi connectivity index (χ0n) is 10.3. The summed E-state index contributed by atoms with van der Waals surface area (Å²) in [6, 6.07) is 2.43. The number of nitrogens with zero attached hydrogens (tertiary/aromatic N) is 3. The summed E-state index contributed by atoms with van der Waals surface area (Å²) in [5.74, 6) is 1.54. The van der Waals surface area contributed by atoms with E-state index < -0.39 is 0 Å². The SMILES string of the molecule is CNc1nccc(N(CCO)C2CCCC2)n1. The summed E-state index contributed by atoms with van der Waals surface area (Å²) < 4.78 is 0. The Balaban J connectivity index is 2.18. The van der Waals surface area contributed by atoms with Gasteiger partial charge in [-0.3, -0.25) is 0 Å². The Hall–Kier alpha value is -1.36. The van der Waals surface area contributed by atoms with Gasteiger partial charge in [-0.05, 0) is 18.9 Å². The van der Waals surface area contributed by atoms with Gasteiger partial charge in [0, 0.05) is 25.8 Å². The van der Waals surface area contributed by atoms with E-state index >= 15 is 0 Å². The number of aromatic nitrogens is 2. The van der Waals surface area contributed by atoms with Crippen LogP contribution in [0.1, 0.15) is 25.7 Å².